The van der Waals surface area contributed by atoms with E-state index in [0.29, 0.717) is 5.56 Å². The molecule has 1 amide bonds. The molecule has 3 aromatic rings. The van der Waals surface area contributed by atoms with Crippen molar-refractivity contribution in [1.82, 2.24) is 5.32 Å². The lowest BCUT2D eigenvalue weighted by Crippen LogP contribution is -2.59. The zero-order valence-electron chi connectivity index (χ0n) is 19.3. The van der Waals surface area contributed by atoms with Gasteiger partial charge in [-0.2, -0.15) is 0 Å². The van der Waals surface area contributed by atoms with E-state index in [-0.39, 0.29) is 28.9 Å². The van der Waals surface area contributed by atoms with Crippen molar-refractivity contribution < 1.29 is 15.0 Å². The van der Waals surface area contributed by atoms with Crippen LogP contribution >= 0.6 is 0 Å². The number of phenolic OH excluding ortho intramolecular Hbond substituents is 2. The van der Waals surface area contributed by atoms with Gasteiger partial charge in [0.25, 0.3) is 5.91 Å². The molecule has 7 rings (SSSR count). The van der Waals surface area contributed by atoms with Crippen molar-refractivity contribution in [3.8, 4) is 11.5 Å². The SMILES string of the molecule is O=C(NC12CC3CC(CC(C3)C1)C2)c1ccccc1C(c1ccc(O)cc1)c1ccc(O)cc1. The maximum Gasteiger partial charge on any atom is 0.252 e. The first kappa shape index (κ1) is 21.3. The van der Waals surface area contributed by atoms with E-state index in [1.807, 2.05) is 48.5 Å². The summed E-state index contributed by atoms with van der Waals surface area (Å²) in [5, 5.41) is 23.2. The Balaban J connectivity index is 1.38. The molecule has 0 saturated heterocycles. The number of amides is 1. The second-order valence-electron chi connectivity index (χ2n) is 10.9. The lowest BCUT2D eigenvalue weighted by atomic mass is 9.53. The number of rotatable bonds is 5. The zero-order valence-corrected chi connectivity index (χ0v) is 19.3. The fraction of sp³-hybridized carbons (Fsp3) is 0.367. The second-order valence-corrected chi connectivity index (χ2v) is 10.9. The van der Waals surface area contributed by atoms with Crippen LogP contribution in [0.15, 0.2) is 72.8 Å². The lowest BCUT2D eigenvalue weighted by Gasteiger charge is -2.56. The van der Waals surface area contributed by atoms with Gasteiger partial charge in [0.1, 0.15) is 11.5 Å². The molecule has 4 fully saturated rings. The third-order valence-electron chi connectivity index (χ3n) is 8.39. The molecule has 0 aromatic heterocycles. The van der Waals surface area contributed by atoms with Crippen LogP contribution in [-0.4, -0.2) is 21.7 Å². The first-order valence-corrected chi connectivity index (χ1v) is 12.5. The van der Waals surface area contributed by atoms with Gasteiger partial charge < -0.3 is 15.5 Å². The van der Waals surface area contributed by atoms with E-state index >= 15 is 0 Å². The van der Waals surface area contributed by atoms with Crippen molar-refractivity contribution in [2.45, 2.75) is 50.0 Å². The summed E-state index contributed by atoms with van der Waals surface area (Å²) in [6.07, 6.45) is 7.38. The molecule has 0 heterocycles. The normalized spacial score (nSPS) is 27.1. The van der Waals surface area contributed by atoms with E-state index in [4.69, 9.17) is 0 Å². The van der Waals surface area contributed by atoms with Crippen molar-refractivity contribution in [2.75, 3.05) is 0 Å². The average molecular weight is 454 g/mol. The van der Waals surface area contributed by atoms with Crippen LogP contribution < -0.4 is 5.32 Å². The lowest BCUT2D eigenvalue weighted by molar-refractivity contribution is -0.0167. The molecule has 4 heteroatoms. The van der Waals surface area contributed by atoms with Gasteiger partial charge in [0.05, 0.1) is 0 Å². The Morgan fingerprint density at radius 3 is 1.71 bits per heavy atom. The summed E-state index contributed by atoms with van der Waals surface area (Å²) in [7, 11) is 0. The van der Waals surface area contributed by atoms with Gasteiger partial charge in [-0.3, -0.25) is 4.79 Å². The number of carbonyl (C=O) groups excluding carboxylic acids is 1. The van der Waals surface area contributed by atoms with Crippen LogP contribution in [0.3, 0.4) is 0 Å². The summed E-state index contributed by atoms with van der Waals surface area (Å²) < 4.78 is 0. The quantitative estimate of drug-likeness (QED) is 0.417. The Kier molecular flexibility index (Phi) is 5.13. The van der Waals surface area contributed by atoms with E-state index in [0.717, 1.165) is 53.7 Å². The molecule has 0 radical (unpaired) electrons. The molecule has 34 heavy (non-hydrogen) atoms. The van der Waals surface area contributed by atoms with Crippen molar-refractivity contribution in [2.24, 2.45) is 17.8 Å². The Morgan fingerprint density at radius 1 is 0.735 bits per heavy atom. The largest absolute Gasteiger partial charge is 0.508 e. The van der Waals surface area contributed by atoms with Gasteiger partial charge in [-0.05, 0) is 103 Å². The summed E-state index contributed by atoms with van der Waals surface area (Å²) in [5.41, 5.74) is 3.55. The van der Waals surface area contributed by atoms with Crippen molar-refractivity contribution in [3.05, 3.63) is 95.1 Å². The molecule has 0 aliphatic heterocycles. The third-order valence-corrected chi connectivity index (χ3v) is 8.39. The fourth-order valence-electron chi connectivity index (χ4n) is 7.41. The molecule has 0 atom stereocenters. The van der Waals surface area contributed by atoms with Gasteiger partial charge in [0, 0.05) is 17.0 Å². The Hall–Kier alpha value is -3.27. The molecular weight excluding hydrogens is 422 g/mol. The summed E-state index contributed by atoms with van der Waals surface area (Å²) in [5.74, 6) is 2.54. The minimum atomic E-state index is -0.195. The molecule has 4 aliphatic rings. The van der Waals surface area contributed by atoms with Crippen LogP contribution in [0.4, 0.5) is 0 Å². The third kappa shape index (κ3) is 3.85. The van der Waals surface area contributed by atoms with E-state index in [9.17, 15) is 15.0 Å². The van der Waals surface area contributed by atoms with Crippen LogP contribution in [0.2, 0.25) is 0 Å². The number of hydrogen-bond acceptors (Lipinski definition) is 3. The molecule has 174 valence electrons. The number of nitrogens with one attached hydrogen (secondary N) is 1. The first-order valence-electron chi connectivity index (χ1n) is 12.5. The molecule has 3 N–H and O–H groups in total. The highest BCUT2D eigenvalue weighted by molar-refractivity contribution is 5.96. The Labute approximate surface area is 200 Å². The predicted molar refractivity (Wildman–Crippen MR) is 132 cm³/mol. The molecule has 0 unspecified atom stereocenters. The molecule has 3 aromatic carbocycles. The van der Waals surface area contributed by atoms with Crippen LogP contribution in [-0.2, 0) is 0 Å². The highest BCUT2D eigenvalue weighted by atomic mass is 16.3. The highest BCUT2D eigenvalue weighted by Crippen LogP contribution is 2.55. The van der Waals surface area contributed by atoms with Crippen LogP contribution in [0, 0.1) is 17.8 Å². The predicted octanol–water partition coefficient (Wildman–Crippen LogP) is 5.98. The van der Waals surface area contributed by atoms with E-state index in [1.54, 1.807) is 24.3 Å². The average Bonchev–Trinajstić information content (AvgIpc) is 2.81. The molecule has 0 spiro atoms. The van der Waals surface area contributed by atoms with Gasteiger partial charge in [0.15, 0.2) is 0 Å². The minimum Gasteiger partial charge on any atom is -0.508 e. The number of hydrogen-bond donors (Lipinski definition) is 3. The van der Waals surface area contributed by atoms with Crippen molar-refractivity contribution in [1.29, 1.82) is 0 Å². The van der Waals surface area contributed by atoms with E-state index in [1.165, 1.54) is 19.3 Å². The topological polar surface area (TPSA) is 69.6 Å². The van der Waals surface area contributed by atoms with Gasteiger partial charge in [-0.25, -0.2) is 0 Å². The Morgan fingerprint density at radius 2 is 1.21 bits per heavy atom. The monoisotopic (exact) mass is 453 g/mol. The maximum atomic E-state index is 13.8. The highest BCUT2D eigenvalue weighted by Gasteiger charge is 2.51. The van der Waals surface area contributed by atoms with Gasteiger partial charge >= 0.3 is 0 Å². The van der Waals surface area contributed by atoms with Gasteiger partial charge in [0.2, 0.25) is 0 Å². The summed E-state index contributed by atoms with van der Waals surface area (Å²) in [6, 6.07) is 22.2. The van der Waals surface area contributed by atoms with E-state index < -0.39 is 0 Å². The summed E-state index contributed by atoms with van der Waals surface area (Å²) in [6.45, 7) is 0. The van der Waals surface area contributed by atoms with Crippen LogP contribution in [0.5, 0.6) is 11.5 Å². The standard InChI is InChI=1S/C30H31NO3/c32-24-9-5-22(6-10-24)28(23-7-11-25(33)12-8-23)26-3-1-2-4-27(26)29(34)31-30-16-19-13-20(17-30)15-21(14-19)18-30/h1-12,19-21,28,32-33H,13-18H2,(H,31,34). The van der Waals surface area contributed by atoms with Crippen molar-refractivity contribution >= 4 is 5.91 Å². The number of phenols is 2. The molecule has 4 bridgehead atoms. The number of benzene rings is 3. The fourth-order valence-corrected chi connectivity index (χ4v) is 7.41. The van der Waals surface area contributed by atoms with Gasteiger partial charge in [-0.1, -0.05) is 42.5 Å². The van der Waals surface area contributed by atoms with Gasteiger partial charge in [-0.15, -0.1) is 0 Å². The molecule has 4 nitrogen and oxygen atoms in total. The second kappa shape index (κ2) is 8.19. The molecule has 4 saturated carbocycles. The minimum absolute atomic E-state index is 0.0140. The zero-order chi connectivity index (χ0) is 23.3. The van der Waals surface area contributed by atoms with Crippen molar-refractivity contribution in [3.63, 3.8) is 0 Å². The molecular formula is C30H31NO3. The molecule has 4 aliphatic carbocycles. The van der Waals surface area contributed by atoms with E-state index in [2.05, 4.69) is 5.32 Å². The Bertz CT molecular complexity index is 1120. The number of carbonyl (C=O) groups is 1. The number of aromatic hydroxyl groups is 2. The maximum absolute atomic E-state index is 13.8. The summed E-state index contributed by atoms with van der Waals surface area (Å²) >= 11 is 0. The smallest absolute Gasteiger partial charge is 0.252 e. The van der Waals surface area contributed by atoms with Crippen LogP contribution in [0.1, 0.15) is 71.5 Å². The first-order chi connectivity index (χ1) is 16.5. The van der Waals surface area contributed by atoms with Crippen LogP contribution in [0.25, 0.3) is 0 Å². The summed E-state index contributed by atoms with van der Waals surface area (Å²) in [4.78, 5) is 13.8.